The second-order valence-corrected chi connectivity index (χ2v) is 7.93. The Morgan fingerprint density at radius 1 is 1.19 bits per heavy atom. The summed E-state index contributed by atoms with van der Waals surface area (Å²) in [6.45, 7) is 4.45. The summed E-state index contributed by atoms with van der Waals surface area (Å²) in [6.07, 6.45) is 2.82. The van der Waals surface area contributed by atoms with Crippen LogP contribution in [0.5, 0.6) is 0 Å². The number of amides is 2. The van der Waals surface area contributed by atoms with Gasteiger partial charge in [0.2, 0.25) is 11.8 Å². The number of halogens is 3. The van der Waals surface area contributed by atoms with Crippen LogP contribution in [0.1, 0.15) is 26.2 Å². The molecule has 1 unspecified atom stereocenters. The van der Waals surface area contributed by atoms with Crippen molar-refractivity contribution >= 4 is 17.5 Å². The third-order valence-corrected chi connectivity index (χ3v) is 5.24. The van der Waals surface area contributed by atoms with E-state index in [1.165, 1.54) is 0 Å². The fourth-order valence-corrected chi connectivity index (χ4v) is 3.36. The van der Waals surface area contributed by atoms with Gasteiger partial charge in [-0.15, -0.1) is 0 Å². The van der Waals surface area contributed by atoms with Gasteiger partial charge < -0.3 is 20.3 Å². The van der Waals surface area contributed by atoms with Gasteiger partial charge in [0, 0.05) is 19.7 Å². The summed E-state index contributed by atoms with van der Waals surface area (Å²) in [5.74, 6) is -5.58. The monoisotopic (exact) mass is 444 g/mol. The van der Waals surface area contributed by atoms with Crippen LogP contribution >= 0.6 is 0 Å². The minimum Gasteiger partial charge on any atom is -0.378 e. The third-order valence-electron chi connectivity index (χ3n) is 5.24. The number of carbonyl (C=O) groups is 2. The Kier molecular flexibility index (Phi) is 9.73. The molecule has 0 saturated carbocycles. The molecule has 0 radical (unpaired) electrons. The van der Waals surface area contributed by atoms with E-state index in [-0.39, 0.29) is 12.0 Å². The molecule has 2 rings (SSSR count). The van der Waals surface area contributed by atoms with E-state index in [0.717, 1.165) is 31.9 Å². The number of rotatable bonds is 10. The molecule has 2 N–H and O–H groups in total. The van der Waals surface area contributed by atoms with E-state index >= 15 is 0 Å². The van der Waals surface area contributed by atoms with Crippen LogP contribution in [0.3, 0.4) is 0 Å². The summed E-state index contributed by atoms with van der Waals surface area (Å²) >= 11 is 0. The first-order valence-corrected chi connectivity index (χ1v) is 10.4. The third kappa shape index (κ3) is 7.79. The van der Waals surface area contributed by atoms with Gasteiger partial charge in [0.15, 0.2) is 17.5 Å². The molecule has 1 heterocycles. The Hall–Kier alpha value is -2.17. The summed E-state index contributed by atoms with van der Waals surface area (Å²) in [6, 6.07) is 1.19. The first kappa shape index (κ1) is 25.1. The fourth-order valence-electron chi connectivity index (χ4n) is 3.36. The van der Waals surface area contributed by atoms with Gasteiger partial charge in [0.1, 0.15) is 0 Å². The van der Waals surface area contributed by atoms with Crippen molar-refractivity contribution in [3.8, 4) is 0 Å². The highest BCUT2D eigenvalue weighted by Gasteiger charge is 2.27. The number of nitrogens with zero attached hydrogens (tertiary/aromatic N) is 2. The molecule has 1 saturated heterocycles. The quantitative estimate of drug-likeness (QED) is 0.427. The van der Waals surface area contributed by atoms with E-state index in [1.54, 1.807) is 6.92 Å². The van der Waals surface area contributed by atoms with Gasteiger partial charge in [-0.3, -0.25) is 14.5 Å². The maximum Gasteiger partial charge on any atom is 0.243 e. The molecule has 7 nitrogen and oxygen atoms in total. The molecule has 1 aliphatic rings. The summed E-state index contributed by atoms with van der Waals surface area (Å²) in [4.78, 5) is 28.4. The number of hydrogen-bond acceptors (Lipinski definition) is 5. The molecule has 2 amide bonds. The molecule has 1 aliphatic heterocycles. The maximum absolute atomic E-state index is 13.6. The molecular formula is C21H31F3N4O3. The SMILES string of the molecule is CC(C(=O)NCC(=O)Nc1ccc(F)c(F)c1F)N1CCC(OCCCN(C)C)CC1. The topological polar surface area (TPSA) is 73.9 Å². The maximum atomic E-state index is 13.6. The predicted molar refractivity (Wildman–Crippen MR) is 111 cm³/mol. The summed E-state index contributed by atoms with van der Waals surface area (Å²) in [7, 11) is 4.05. The normalized spacial score (nSPS) is 16.4. The molecule has 174 valence electrons. The van der Waals surface area contributed by atoms with E-state index < -0.39 is 41.6 Å². The van der Waals surface area contributed by atoms with E-state index in [9.17, 15) is 22.8 Å². The van der Waals surface area contributed by atoms with Crippen molar-refractivity contribution in [2.45, 2.75) is 38.3 Å². The number of nitrogens with one attached hydrogen (secondary N) is 2. The van der Waals surface area contributed by atoms with Crippen molar-refractivity contribution in [2.75, 3.05) is 52.2 Å². The van der Waals surface area contributed by atoms with E-state index in [0.29, 0.717) is 25.8 Å². The molecule has 1 atom stereocenters. The van der Waals surface area contributed by atoms with Crippen LogP contribution in [0.25, 0.3) is 0 Å². The Balaban J connectivity index is 1.70. The fraction of sp³-hybridized carbons (Fsp3) is 0.619. The second kappa shape index (κ2) is 12.0. The van der Waals surface area contributed by atoms with E-state index in [2.05, 4.69) is 15.5 Å². The molecule has 0 bridgehead atoms. The van der Waals surface area contributed by atoms with Crippen LogP contribution in [0.4, 0.5) is 18.9 Å². The van der Waals surface area contributed by atoms with Gasteiger partial charge in [0.05, 0.1) is 24.4 Å². The van der Waals surface area contributed by atoms with Crippen molar-refractivity contribution in [1.82, 2.24) is 15.1 Å². The highest BCUT2D eigenvalue weighted by molar-refractivity contribution is 5.95. The predicted octanol–water partition coefficient (Wildman–Crippen LogP) is 1.98. The smallest absolute Gasteiger partial charge is 0.243 e. The molecule has 0 spiro atoms. The van der Waals surface area contributed by atoms with Crippen molar-refractivity contribution in [2.24, 2.45) is 0 Å². The number of likely N-dealkylation sites (tertiary alicyclic amines) is 1. The van der Waals surface area contributed by atoms with Crippen molar-refractivity contribution in [3.63, 3.8) is 0 Å². The lowest BCUT2D eigenvalue weighted by Crippen LogP contribution is -2.50. The molecule has 10 heteroatoms. The lowest BCUT2D eigenvalue weighted by molar-refractivity contribution is -0.129. The zero-order valence-electron chi connectivity index (χ0n) is 18.2. The number of piperidine rings is 1. The van der Waals surface area contributed by atoms with Crippen LogP contribution in [0.2, 0.25) is 0 Å². The minimum absolute atomic E-state index is 0.186. The first-order valence-electron chi connectivity index (χ1n) is 10.4. The molecule has 1 aromatic carbocycles. The van der Waals surface area contributed by atoms with Crippen LogP contribution in [-0.2, 0) is 14.3 Å². The van der Waals surface area contributed by atoms with Crippen LogP contribution in [-0.4, -0.2) is 80.6 Å². The summed E-state index contributed by atoms with van der Waals surface area (Å²) in [5.41, 5.74) is -0.487. The Morgan fingerprint density at radius 2 is 1.87 bits per heavy atom. The lowest BCUT2D eigenvalue weighted by atomic mass is 10.1. The molecule has 1 aromatic rings. The molecule has 0 aromatic heterocycles. The largest absolute Gasteiger partial charge is 0.378 e. The minimum atomic E-state index is -1.67. The van der Waals surface area contributed by atoms with Gasteiger partial charge >= 0.3 is 0 Å². The van der Waals surface area contributed by atoms with Gasteiger partial charge in [0.25, 0.3) is 0 Å². The van der Waals surface area contributed by atoms with E-state index in [4.69, 9.17) is 4.74 Å². The lowest BCUT2D eigenvalue weighted by Gasteiger charge is -2.35. The number of ether oxygens (including phenoxy) is 1. The van der Waals surface area contributed by atoms with Gasteiger partial charge in [-0.05, 0) is 59.0 Å². The van der Waals surface area contributed by atoms with Crippen molar-refractivity contribution < 1.29 is 27.5 Å². The summed E-state index contributed by atoms with van der Waals surface area (Å²) < 4.78 is 45.7. The number of hydrogen-bond donors (Lipinski definition) is 2. The molecule has 0 aliphatic carbocycles. The van der Waals surface area contributed by atoms with Crippen LogP contribution in [0.15, 0.2) is 12.1 Å². The Labute approximate surface area is 180 Å². The van der Waals surface area contributed by atoms with Gasteiger partial charge in [-0.25, -0.2) is 13.2 Å². The highest BCUT2D eigenvalue weighted by atomic mass is 19.2. The van der Waals surface area contributed by atoms with Crippen molar-refractivity contribution in [1.29, 1.82) is 0 Å². The molecule has 1 fully saturated rings. The van der Waals surface area contributed by atoms with Crippen LogP contribution in [0, 0.1) is 17.5 Å². The average Bonchev–Trinajstić information content (AvgIpc) is 2.75. The average molecular weight is 444 g/mol. The highest BCUT2D eigenvalue weighted by Crippen LogP contribution is 2.19. The second-order valence-electron chi connectivity index (χ2n) is 7.93. The number of carbonyl (C=O) groups excluding carboxylic acids is 2. The van der Waals surface area contributed by atoms with Gasteiger partial charge in [-0.2, -0.15) is 0 Å². The standard InChI is InChI=1S/C21H31F3N4O3/c1-14(28-10-7-15(8-11-28)31-12-4-9-27(2)3)21(30)25-13-18(29)26-17-6-5-16(22)19(23)20(17)24/h5-6,14-15H,4,7-13H2,1-3H3,(H,25,30)(H,26,29). The molecular weight excluding hydrogens is 413 g/mol. The number of benzene rings is 1. The summed E-state index contributed by atoms with van der Waals surface area (Å²) in [5, 5.41) is 4.61. The van der Waals surface area contributed by atoms with Gasteiger partial charge in [-0.1, -0.05) is 0 Å². The molecule has 31 heavy (non-hydrogen) atoms. The zero-order chi connectivity index (χ0) is 23.0. The Morgan fingerprint density at radius 3 is 2.52 bits per heavy atom. The number of anilines is 1. The Bertz CT molecular complexity index is 756. The zero-order valence-corrected chi connectivity index (χ0v) is 18.2. The van der Waals surface area contributed by atoms with Crippen molar-refractivity contribution in [3.05, 3.63) is 29.6 Å². The van der Waals surface area contributed by atoms with Crippen LogP contribution < -0.4 is 10.6 Å². The van der Waals surface area contributed by atoms with E-state index in [1.807, 2.05) is 19.0 Å². The first-order chi connectivity index (χ1) is 14.7.